The van der Waals surface area contributed by atoms with Crippen LogP contribution in [0.2, 0.25) is 5.02 Å². The first kappa shape index (κ1) is 19.7. The van der Waals surface area contributed by atoms with E-state index in [-0.39, 0.29) is 5.91 Å². The van der Waals surface area contributed by atoms with Gasteiger partial charge in [-0.05, 0) is 42.5 Å². The van der Waals surface area contributed by atoms with Crippen LogP contribution < -0.4 is 9.80 Å². The number of thiophene rings is 1. The maximum atomic E-state index is 13.1. The number of amides is 1. The number of benzene rings is 1. The number of fused-ring (bicyclic) bond motifs is 1. The van der Waals surface area contributed by atoms with Crippen molar-refractivity contribution >= 4 is 57.0 Å². The zero-order valence-electron chi connectivity index (χ0n) is 16.3. The van der Waals surface area contributed by atoms with Crippen molar-refractivity contribution in [2.75, 3.05) is 48.3 Å². The van der Waals surface area contributed by atoms with E-state index in [9.17, 15) is 4.79 Å². The summed E-state index contributed by atoms with van der Waals surface area (Å²) in [6.07, 6.45) is 1.84. The zero-order chi connectivity index (χ0) is 20.5. The Morgan fingerprint density at radius 2 is 1.87 bits per heavy atom. The number of thioether (sulfide) groups is 1. The molecule has 2 aliphatic heterocycles. The number of rotatable bonds is 3. The summed E-state index contributed by atoms with van der Waals surface area (Å²) in [4.78, 5) is 24.9. The van der Waals surface area contributed by atoms with Gasteiger partial charge in [0.2, 0.25) is 0 Å². The highest BCUT2D eigenvalue weighted by Gasteiger charge is 2.26. The summed E-state index contributed by atoms with van der Waals surface area (Å²) in [6, 6.07) is 16.0. The molecule has 2 aliphatic rings. The van der Waals surface area contributed by atoms with E-state index in [4.69, 9.17) is 11.6 Å². The van der Waals surface area contributed by atoms with Crippen LogP contribution in [-0.2, 0) is 0 Å². The van der Waals surface area contributed by atoms with Crippen molar-refractivity contribution in [2.24, 2.45) is 0 Å². The Hall–Kier alpha value is -2.22. The van der Waals surface area contributed by atoms with Crippen LogP contribution in [0, 0.1) is 0 Å². The number of carbonyl (C=O) groups is 1. The third-order valence-electron chi connectivity index (χ3n) is 5.40. The molecule has 0 N–H and O–H groups in total. The molecule has 5 nitrogen and oxygen atoms in total. The van der Waals surface area contributed by atoms with Gasteiger partial charge in [0.15, 0.2) is 0 Å². The van der Waals surface area contributed by atoms with Crippen molar-refractivity contribution in [1.29, 1.82) is 0 Å². The molecule has 0 atom stereocenters. The minimum absolute atomic E-state index is 0.120. The van der Waals surface area contributed by atoms with Crippen LogP contribution in [0.5, 0.6) is 0 Å². The smallest absolute Gasteiger partial charge is 0.264 e. The average Bonchev–Trinajstić information content (AvgIpc) is 3.28. The zero-order valence-corrected chi connectivity index (χ0v) is 18.7. The first-order valence-corrected chi connectivity index (χ1v) is 12.1. The fourth-order valence-corrected chi connectivity index (χ4v) is 5.99. The molecule has 0 radical (unpaired) electrons. The Balaban J connectivity index is 1.27. The molecule has 5 rings (SSSR count). The number of hydrogen-bond donors (Lipinski definition) is 0. The predicted octanol–water partition coefficient (Wildman–Crippen LogP) is 5.00. The van der Waals surface area contributed by atoms with Crippen LogP contribution in [0.1, 0.15) is 9.67 Å². The molecule has 0 unspecified atom stereocenters. The highest BCUT2D eigenvalue weighted by molar-refractivity contribution is 7.99. The van der Waals surface area contributed by atoms with Gasteiger partial charge in [-0.15, -0.1) is 23.1 Å². The van der Waals surface area contributed by atoms with E-state index >= 15 is 0 Å². The predicted molar refractivity (Wildman–Crippen MR) is 126 cm³/mol. The lowest BCUT2D eigenvalue weighted by atomic mass is 10.2. The lowest BCUT2D eigenvalue weighted by Crippen LogP contribution is -2.48. The number of carbonyl (C=O) groups excluding carboxylic acids is 1. The molecular weight excluding hydrogens is 436 g/mol. The molecule has 0 aliphatic carbocycles. The molecule has 0 saturated carbocycles. The first-order valence-electron chi connectivity index (χ1n) is 9.94. The number of piperazine rings is 1. The van der Waals surface area contributed by atoms with Crippen LogP contribution in [0.25, 0.3) is 0 Å². The van der Waals surface area contributed by atoms with Crippen molar-refractivity contribution in [3.8, 4) is 0 Å². The summed E-state index contributed by atoms with van der Waals surface area (Å²) in [5.41, 5.74) is 2.24. The van der Waals surface area contributed by atoms with Crippen molar-refractivity contribution in [3.05, 3.63) is 64.6 Å². The van der Waals surface area contributed by atoms with Gasteiger partial charge in [0, 0.05) is 55.4 Å². The average molecular weight is 457 g/mol. The summed E-state index contributed by atoms with van der Waals surface area (Å²) in [7, 11) is 0. The third-order valence-corrected chi connectivity index (χ3v) is 7.71. The normalized spacial score (nSPS) is 16.5. The SMILES string of the molecule is O=C(c1ccc(N2CCSc3ncccc32)s1)N1CCN(c2cccc(Cl)c2)CC1. The van der Waals surface area contributed by atoms with Crippen molar-refractivity contribution in [3.63, 3.8) is 0 Å². The van der Waals surface area contributed by atoms with Gasteiger partial charge in [-0.3, -0.25) is 4.79 Å². The largest absolute Gasteiger partial charge is 0.368 e. The second-order valence-corrected chi connectivity index (χ2v) is 9.81. The minimum Gasteiger partial charge on any atom is -0.368 e. The molecule has 1 aromatic carbocycles. The van der Waals surface area contributed by atoms with Crippen molar-refractivity contribution < 1.29 is 4.79 Å². The van der Waals surface area contributed by atoms with Gasteiger partial charge in [0.1, 0.15) is 5.03 Å². The molecule has 154 valence electrons. The van der Waals surface area contributed by atoms with E-state index in [1.807, 2.05) is 41.4 Å². The lowest BCUT2D eigenvalue weighted by molar-refractivity contribution is 0.0751. The van der Waals surface area contributed by atoms with Crippen molar-refractivity contribution in [1.82, 2.24) is 9.88 Å². The third kappa shape index (κ3) is 3.89. The molecule has 1 amide bonds. The summed E-state index contributed by atoms with van der Waals surface area (Å²) in [6.45, 7) is 3.98. The number of nitrogens with zero attached hydrogens (tertiary/aromatic N) is 4. The van der Waals surface area contributed by atoms with Crippen molar-refractivity contribution in [2.45, 2.75) is 5.03 Å². The summed E-state index contributed by atoms with van der Waals surface area (Å²) < 4.78 is 0. The second kappa shape index (κ2) is 8.49. The Morgan fingerprint density at radius 3 is 2.70 bits per heavy atom. The van der Waals surface area contributed by atoms with Gasteiger partial charge >= 0.3 is 0 Å². The van der Waals surface area contributed by atoms with E-state index in [2.05, 4.69) is 33.0 Å². The molecular formula is C22H21ClN4OS2. The van der Waals surface area contributed by atoms with Gasteiger partial charge in [-0.1, -0.05) is 17.7 Å². The maximum absolute atomic E-state index is 13.1. The molecule has 4 heterocycles. The molecule has 2 aromatic heterocycles. The Morgan fingerprint density at radius 1 is 1.00 bits per heavy atom. The van der Waals surface area contributed by atoms with Crippen LogP contribution in [0.3, 0.4) is 0 Å². The summed E-state index contributed by atoms with van der Waals surface area (Å²) in [5, 5.41) is 2.90. The molecule has 0 bridgehead atoms. The molecule has 0 spiro atoms. The van der Waals surface area contributed by atoms with Gasteiger partial charge < -0.3 is 14.7 Å². The number of pyridine rings is 1. The fourth-order valence-electron chi connectivity index (χ4n) is 3.87. The summed E-state index contributed by atoms with van der Waals surface area (Å²) >= 11 is 9.48. The minimum atomic E-state index is 0.120. The summed E-state index contributed by atoms with van der Waals surface area (Å²) in [5.74, 6) is 1.12. The molecule has 1 fully saturated rings. The number of halogens is 1. The van der Waals surface area contributed by atoms with Gasteiger partial charge in [0.05, 0.1) is 15.6 Å². The molecule has 3 aromatic rings. The van der Waals surface area contributed by atoms with Crippen LogP contribution in [-0.4, -0.2) is 54.3 Å². The van der Waals surface area contributed by atoms with Gasteiger partial charge in [-0.25, -0.2) is 4.98 Å². The molecule has 8 heteroatoms. The standard InChI is InChI=1S/C22H21ClN4OS2/c23-16-3-1-4-17(15-16)25-9-11-26(12-10-25)22(28)19-6-7-20(30-19)27-13-14-29-21-18(27)5-2-8-24-21/h1-8,15H,9-14H2. The number of hydrogen-bond acceptors (Lipinski definition) is 6. The highest BCUT2D eigenvalue weighted by Crippen LogP contribution is 2.40. The Kier molecular flexibility index (Phi) is 5.58. The van der Waals surface area contributed by atoms with Crippen LogP contribution in [0.15, 0.2) is 59.8 Å². The Bertz CT molecular complexity index is 1060. The quantitative estimate of drug-likeness (QED) is 0.554. The van der Waals surface area contributed by atoms with E-state index in [1.54, 1.807) is 23.1 Å². The molecule has 1 saturated heterocycles. The van der Waals surface area contributed by atoms with E-state index in [0.29, 0.717) is 13.1 Å². The van der Waals surface area contributed by atoms with Gasteiger partial charge in [-0.2, -0.15) is 0 Å². The maximum Gasteiger partial charge on any atom is 0.264 e. The Labute approximate surface area is 189 Å². The number of anilines is 3. The van der Waals surface area contributed by atoms with Crippen LogP contribution >= 0.6 is 34.7 Å². The van der Waals surface area contributed by atoms with E-state index in [0.717, 1.165) is 56.7 Å². The van der Waals surface area contributed by atoms with E-state index < -0.39 is 0 Å². The topological polar surface area (TPSA) is 39.7 Å². The second-order valence-electron chi connectivity index (χ2n) is 7.22. The van der Waals surface area contributed by atoms with E-state index in [1.165, 1.54) is 0 Å². The lowest BCUT2D eigenvalue weighted by Gasteiger charge is -2.36. The van der Waals surface area contributed by atoms with Crippen LogP contribution in [0.4, 0.5) is 16.4 Å². The first-order chi connectivity index (χ1) is 14.7. The number of aromatic nitrogens is 1. The molecule has 30 heavy (non-hydrogen) atoms. The van der Waals surface area contributed by atoms with Gasteiger partial charge in [0.25, 0.3) is 5.91 Å². The highest BCUT2D eigenvalue weighted by atomic mass is 35.5. The monoisotopic (exact) mass is 456 g/mol. The fraction of sp³-hybridized carbons (Fsp3) is 0.273.